The Kier molecular flexibility index (Phi) is 12.7. The molecule has 8 nitrogen and oxygen atoms in total. The molecule has 224 valence electrons. The number of benzene rings is 2. The molecule has 1 aromatic heterocycles. The van der Waals surface area contributed by atoms with Crippen molar-refractivity contribution < 1.29 is 23.8 Å². The number of carbonyl (C=O) groups is 2. The molecule has 1 atom stereocenters. The van der Waals surface area contributed by atoms with Gasteiger partial charge in [0, 0.05) is 24.5 Å². The first-order chi connectivity index (χ1) is 20.6. The summed E-state index contributed by atoms with van der Waals surface area (Å²) in [7, 11) is 1.33. The van der Waals surface area contributed by atoms with Crippen LogP contribution in [0, 0.1) is 0 Å². The van der Waals surface area contributed by atoms with Gasteiger partial charge in [0.1, 0.15) is 25.0 Å². The summed E-state index contributed by atoms with van der Waals surface area (Å²) in [6.45, 7) is 2.77. The Morgan fingerprint density at radius 2 is 1.67 bits per heavy atom. The minimum absolute atomic E-state index is 0.128. The molecule has 0 aliphatic heterocycles. The molecule has 0 saturated heterocycles. The largest absolute Gasteiger partial charge is 0.492 e. The maximum absolute atomic E-state index is 12.5. The fourth-order valence-corrected chi connectivity index (χ4v) is 5.16. The molecule has 1 heterocycles. The van der Waals surface area contributed by atoms with E-state index in [0.29, 0.717) is 26.1 Å². The number of nitrogens with zero attached hydrogens (tertiary/aromatic N) is 2. The van der Waals surface area contributed by atoms with E-state index in [1.807, 2.05) is 60.7 Å². The van der Waals surface area contributed by atoms with Crippen LogP contribution in [0.4, 0.5) is 4.79 Å². The molecule has 0 spiro atoms. The van der Waals surface area contributed by atoms with E-state index >= 15 is 0 Å². The minimum atomic E-state index is -0.810. The number of unbranched alkanes of at least 4 members (excludes halogenated alkanes) is 1. The Bertz CT molecular complexity index is 1240. The number of hydrogen-bond acceptors (Lipinski definition) is 7. The van der Waals surface area contributed by atoms with E-state index in [4.69, 9.17) is 19.2 Å². The van der Waals surface area contributed by atoms with Gasteiger partial charge in [-0.2, -0.15) is 0 Å². The number of alkyl carbamates (subject to hydrolysis) is 1. The Labute approximate surface area is 249 Å². The van der Waals surface area contributed by atoms with E-state index in [-0.39, 0.29) is 6.61 Å². The number of aryl methyl sites for hydroxylation is 3. The summed E-state index contributed by atoms with van der Waals surface area (Å²) in [5.41, 5.74) is 4.73. The van der Waals surface area contributed by atoms with Crippen molar-refractivity contribution in [1.82, 2.24) is 15.2 Å². The molecular formula is C34H43N3O5. The molecule has 0 radical (unpaired) electrons. The van der Waals surface area contributed by atoms with Gasteiger partial charge in [-0.15, -0.1) is 0 Å². The van der Waals surface area contributed by atoms with Gasteiger partial charge in [-0.25, -0.2) is 9.59 Å². The molecule has 4 rings (SSSR count). The van der Waals surface area contributed by atoms with Gasteiger partial charge in [-0.05, 0) is 87.2 Å². The topological polar surface area (TPSA) is 90.0 Å². The van der Waals surface area contributed by atoms with Crippen LogP contribution in [0.25, 0.3) is 0 Å². The van der Waals surface area contributed by atoms with E-state index in [1.54, 1.807) is 0 Å². The minimum Gasteiger partial charge on any atom is -0.492 e. The number of carbonyl (C=O) groups excluding carboxylic acids is 2. The normalized spacial score (nSPS) is 13.2. The number of hydrogen-bond donors (Lipinski definition) is 1. The molecule has 3 aromatic rings. The fraction of sp³-hybridized carbons (Fsp3) is 0.441. The molecule has 0 bridgehead atoms. The van der Waals surface area contributed by atoms with E-state index in [2.05, 4.69) is 22.3 Å². The summed E-state index contributed by atoms with van der Waals surface area (Å²) >= 11 is 0. The number of ether oxygens (including phenoxy) is 3. The van der Waals surface area contributed by atoms with Crippen molar-refractivity contribution in [3.05, 3.63) is 95.3 Å². The predicted octanol–water partition coefficient (Wildman–Crippen LogP) is 5.52. The van der Waals surface area contributed by atoms with Gasteiger partial charge in [-0.3, -0.25) is 9.88 Å². The van der Waals surface area contributed by atoms with Crippen LogP contribution >= 0.6 is 0 Å². The van der Waals surface area contributed by atoms with Crippen LogP contribution < -0.4 is 10.1 Å². The Morgan fingerprint density at radius 3 is 2.45 bits per heavy atom. The van der Waals surface area contributed by atoms with Gasteiger partial charge in [-0.1, -0.05) is 54.6 Å². The molecule has 2 aromatic carbocycles. The number of esters is 1. The highest BCUT2D eigenvalue weighted by atomic mass is 16.6. The standard InChI is InChI=1S/C34H43N3O5/c1-40-33(38)32(36-34(39)42-26-27-12-4-2-5-13-27)21-23-37(24-25-41-30-16-6-3-7-17-30)22-11-10-15-29-20-19-28-14-8-9-18-31(28)35-29/h2-7,12-13,16-17,19-20,32H,8-11,14-15,18,21-26H2,1H3,(H,36,39)/t32-/m0/s1. The first-order valence-corrected chi connectivity index (χ1v) is 15.0. The highest BCUT2D eigenvalue weighted by molar-refractivity contribution is 5.81. The molecule has 0 fully saturated rings. The van der Waals surface area contributed by atoms with Crippen molar-refractivity contribution in [3.63, 3.8) is 0 Å². The van der Waals surface area contributed by atoms with Crippen LogP contribution in [0.1, 0.15) is 54.6 Å². The van der Waals surface area contributed by atoms with E-state index in [0.717, 1.165) is 50.0 Å². The van der Waals surface area contributed by atoms with Gasteiger partial charge < -0.3 is 19.5 Å². The maximum atomic E-state index is 12.5. The summed E-state index contributed by atoms with van der Waals surface area (Å²) in [6.07, 6.45) is 7.43. The SMILES string of the molecule is COC(=O)[C@H](CCN(CCCCc1ccc2c(n1)CCCC2)CCOc1ccccc1)NC(=O)OCc1ccccc1. The number of nitrogens with one attached hydrogen (secondary N) is 1. The van der Waals surface area contributed by atoms with Crippen LogP contribution in [0.15, 0.2) is 72.8 Å². The van der Waals surface area contributed by atoms with Crippen LogP contribution in [-0.2, 0) is 40.1 Å². The van der Waals surface area contributed by atoms with Crippen LogP contribution in [0.5, 0.6) is 5.75 Å². The summed E-state index contributed by atoms with van der Waals surface area (Å²) in [4.78, 5) is 32.2. The van der Waals surface area contributed by atoms with E-state index < -0.39 is 18.1 Å². The Morgan fingerprint density at radius 1 is 0.905 bits per heavy atom. The number of amides is 1. The highest BCUT2D eigenvalue weighted by Crippen LogP contribution is 2.20. The summed E-state index contributed by atoms with van der Waals surface area (Å²) in [6, 6.07) is 22.8. The molecule has 1 aliphatic rings. The van der Waals surface area contributed by atoms with Crippen molar-refractivity contribution >= 4 is 12.1 Å². The molecule has 8 heteroatoms. The van der Waals surface area contributed by atoms with Crippen molar-refractivity contribution in [3.8, 4) is 5.75 Å². The zero-order valence-electron chi connectivity index (χ0n) is 24.6. The Balaban J connectivity index is 1.28. The third-order valence-electron chi connectivity index (χ3n) is 7.54. The van der Waals surface area contributed by atoms with Crippen molar-refractivity contribution in [2.45, 2.75) is 64.0 Å². The third-order valence-corrected chi connectivity index (χ3v) is 7.54. The molecule has 0 unspecified atom stereocenters. The first-order valence-electron chi connectivity index (χ1n) is 15.0. The first kappa shape index (κ1) is 31.0. The smallest absolute Gasteiger partial charge is 0.408 e. The Hall–Kier alpha value is -3.91. The van der Waals surface area contributed by atoms with Gasteiger partial charge >= 0.3 is 12.1 Å². The number of fused-ring (bicyclic) bond motifs is 1. The van der Waals surface area contributed by atoms with Gasteiger partial charge in [0.2, 0.25) is 0 Å². The number of rotatable bonds is 16. The summed E-state index contributed by atoms with van der Waals surface area (Å²) < 4.78 is 16.3. The lowest BCUT2D eigenvalue weighted by molar-refractivity contribution is -0.143. The lowest BCUT2D eigenvalue weighted by Gasteiger charge is -2.25. The maximum Gasteiger partial charge on any atom is 0.408 e. The zero-order valence-corrected chi connectivity index (χ0v) is 24.6. The zero-order chi connectivity index (χ0) is 29.4. The lowest BCUT2D eigenvalue weighted by atomic mass is 9.95. The van der Waals surface area contributed by atoms with Crippen LogP contribution in [0.2, 0.25) is 0 Å². The lowest BCUT2D eigenvalue weighted by Crippen LogP contribution is -2.44. The molecular weight excluding hydrogens is 530 g/mol. The predicted molar refractivity (Wildman–Crippen MR) is 162 cm³/mol. The molecule has 1 aliphatic carbocycles. The fourth-order valence-electron chi connectivity index (χ4n) is 5.16. The van der Waals surface area contributed by atoms with Crippen molar-refractivity contribution in [2.75, 3.05) is 33.4 Å². The second kappa shape index (κ2) is 17.1. The monoisotopic (exact) mass is 573 g/mol. The number of pyridine rings is 1. The molecule has 42 heavy (non-hydrogen) atoms. The average Bonchev–Trinajstić information content (AvgIpc) is 3.04. The van der Waals surface area contributed by atoms with Gasteiger partial charge in [0.25, 0.3) is 0 Å². The third kappa shape index (κ3) is 10.5. The quantitative estimate of drug-likeness (QED) is 0.178. The summed E-state index contributed by atoms with van der Waals surface area (Å²) in [5.74, 6) is 0.330. The van der Waals surface area contributed by atoms with Crippen molar-refractivity contribution in [2.24, 2.45) is 0 Å². The van der Waals surface area contributed by atoms with Crippen LogP contribution in [-0.4, -0.2) is 61.3 Å². The van der Waals surface area contributed by atoms with Crippen molar-refractivity contribution in [1.29, 1.82) is 0 Å². The molecule has 1 N–H and O–H groups in total. The second-order valence-corrected chi connectivity index (χ2v) is 10.6. The van der Waals surface area contributed by atoms with E-state index in [1.165, 1.54) is 36.9 Å². The van der Waals surface area contributed by atoms with Gasteiger partial charge in [0.05, 0.1) is 7.11 Å². The second-order valence-electron chi connectivity index (χ2n) is 10.6. The summed E-state index contributed by atoms with van der Waals surface area (Å²) in [5, 5.41) is 2.69. The number of aromatic nitrogens is 1. The van der Waals surface area contributed by atoms with Gasteiger partial charge in [0.15, 0.2) is 0 Å². The highest BCUT2D eigenvalue weighted by Gasteiger charge is 2.23. The van der Waals surface area contributed by atoms with E-state index in [9.17, 15) is 9.59 Å². The number of methoxy groups -OCH3 is 1. The number of para-hydroxylation sites is 1. The van der Waals surface area contributed by atoms with Crippen LogP contribution in [0.3, 0.4) is 0 Å². The average molecular weight is 574 g/mol. The molecule has 0 saturated carbocycles. The molecule has 1 amide bonds.